The molecule has 8 heteroatoms. The maximum Gasteiger partial charge on any atom is 0.249 e. The van der Waals surface area contributed by atoms with E-state index in [9.17, 15) is 9.59 Å². The number of carbonyl (C=O) groups is 2. The number of ether oxygens (including phenoxy) is 3. The van der Waals surface area contributed by atoms with Gasteiger partial charge in [0.2, 0.25) is 11.8 Å². The van der Waals surface area contributed by atoms with Gasteiger partial charge in [-0.3, -0.25) is 9.59 Å². The molecule has 8 nitrogen and oxygen atoms in total. The number of anilines is 1. The highest BCUT2D eigenvalue weighted by Crippen LogP contribution is 2.29. The maximum absolute atomic E-state index is 13.4. The summed E-state index contributed by atoms with van der Waals surface area (Å²) in [5, 5.41) is 0. The van der Waals surface area contributed by atoms with Gasteiger partial charge in [-0.1, -0.05) is 24.3 Å². The lowest BCUT2D eigenvalue weighted by Crippen LogP contribution is -2.59. The number of amides is 2. The number of carbonyl (C=O) groups excluding carboxylic acids is 2. The number of nitrogens with zero attached hydrogens (tertiary/aromatic N) is 3. The first kappa shape index (κ1) is 22.0. The normalized spacial score (nSPS) is 19.1. The lowest BCUT2D eigenvalue weighted by Gasteiger charge is -2.41. The Labute approximate surface area is 188 Å². The van der Waals surface area contributed by atoms with E-state index >= 15 is 0 Å². The molecule has 0 radical (unpaired) electrons. The SMILES string of the molecule is COc1ccc(CN2C(=O)COC[C@H]2C(=O)N2CCN(c3ccccc3)CC2)cc1OC. The summed E-state index contributed by atoms with van der Waals surface area (Å²) >= 11 is 0. The molecule has 2 aliphatic rings. The topological polar surface area (TPSA) is 71.5 Å². The average Bonchev–Trinajstić information content (AvgIpc) is 2.85. The van der Waals surface area contributed by atoms with Crippen LogP contribution in [0.25, 0.3) is 0 Å². The minimum Gasteiger partial charge on any atom is -0.493 e. The molecule has 0 aromatic heterocycles. The van der Waals surface area contributed by atoms with Crippen molar-refractivity contribution >= 4 is 17.5 Å². The first-order chi connectivity index (χ1) is 15.6. The molecule has 2 fully saturated rings. The fraction of sp³-hybridized carbons (Fsp3) is 0.417. The lowest BCUT2D eigenvalue weighted by molar-refractivity contribution is -0.160. The molecular formula is C24H29N3O5. The Balaban J connectivity index is 1.44. The molecule has 1 atom stereocenters. The molecule has 0 bridgehead atoms. The zero-order valence-electron chi connectivity index (χ0n) is 18.5. The van der Waals surface area contributed by atoms with E-state index in [2.05, 4.69) is 17.0 Å². The van der Waals surface area contributed by atoms with Gasteiger partial charge in [0.25, 0.3) is 0 Å². The second-order valence-electron chi connectivity index (χ2n) is 7.89. The quantitative estimate of drug-likeness (QED) is 0.683. The van der Waals surface area contributed by atoms with E-state index < -0.39 is 6.04 Å². The van der Waals surface area contributed by atoms with Crippen molar-refractivity contribution in [3.63, 3.8) is 0 Å². The van der Waals surface area contributed by atoms with E-state index in [4.69, 9.17) is 14.2 Å². The Morgan fingerprint density at radius 1 is 1.00 bits per heavy atom. The summed E-state index contributed by atoms with van der Waals surface area (Å²) in [6.07, 6.45) is 0. The fourth-order valence-corrected chi connectivity index (χ4v) is 4.22. The van der Waals surface area contributed by atoms with Gasteiger partial charge in [0.1, 0.15) is 12.6 Å². The molecule has 2 amide bonds. The molecule has 0 unspecified atom stereocenters. The Morgan fingerprint density at radius 2 is 1.72 bits per heavy atom. The molecule has 2 heterocycles. The van der Waals surface area contributed by atoms with Crippen molar-refractivity contribution in [2.75, 3.05) is 58.5 Å². The number of para-hydroxylation sites is 1. The smallest absolute Gasteiger partial charge is 0.249 e. The van der Waals surface area contributed by atoms with Crippen molar-refractivity contribution in [3.8, 4) is 11.5 Å². The summed E-state index contributed by atoms with van der Waals surface area (Å²) in [5.41, 5.74) is 2.02. The molecule has 0 N–H and O–H groups in total. The van der Waals surface area contributed by atoms with Gasteiger partial charge in [-0.25, -0.2) is 0 Å². The third-order valence-corrected chi connectivity index (χ3v) is 6.00. The van der Waals surface area contributed by atoms with Crippen LogP contribution in [0.4, 0.5) is 5.69 Å². The molecule has 170 valence electrons. The van der Waals surface area contributed by atoms with Crippen LogP contribution in [0.5, 0.6) is 11.5 Å². The zero-order chi connectivity index (χ0) is 22.5. The molecule has 32 heavy (non-hydrogen) atoms. The van der Waals surface area contributed by atoms with Crippen LogP contribution in [0, 0.1) is 0 Å². The van der Waals surface area contributed by atoms with Gasteiger partial charge in [0.05, 0.1) is 20.8 Å². The molecule has 0 saturated carbocycles. The summed E-state index contributed by atoms with van der Waals surface area (Å²) < 4.78 is 16.1. The Hall–Kier alpha value is -3.26. The van der Waals surface area contributed by atoms with Crippen molar-refractivity contribution in [3.05, 3.63) is 54.1 Å². The zero-order valence-corrected chi connectivity index (χ0v) is 18.5. The molecule has 0 aliphatic carbocycles. The van der Waals surface area contributed by atoms with Crippen molar-refractivity contribution < 1.29 is 23.8 Å². The second kappa shape index (κ2) is 9.91. The monoisotopic (exact) mass is 439 g/mol. The van der Waals surface area contributed by atoms with Crippen LogP contribution >= 0.6 is 0 Å². The van der Waals surface area contributed by atoms with E-state index in [1.165, 1.54) is 0 Å². The second-order valence-corrected chi connectivity index (χ2v) is 7.89. The molecular weight excluding hydrogens is 410 g/mol. The van der Waals surface area contributed by atoms with E-state index in [1.807, 2.05) is 35.2 Å². The summed E-state index contributed by atoms with van der Waals surface area (Å²) in [7, 11) is 3.15. The van der Waals surface area contributed by atoms with Gasteiger partial charge in [-0.15, -0.1) is 0 Å². The number of hydrogen-bond acceptors (Lipinski definition) is 6. The standard InChI is InChI=1S/C24H29N3O5/c1-30-21-9-8-18(14-22(21)31-2)15-27-20(16-32-17-23(27)28)24(29)26-12-10-25(11-13-26)19-6-4-3-5-7-19/h3-9,14,20H,10-13,15-17H2,1-2H3/t20-/m0/s1. The van der Waals surface area contributed by atoms with Gasteiger partial charge in [0.15, 0.2) is 11.5 Å². The van der Waals surface area contributed by atoms with Crippen molar-refractivity contribution in [2.24, 2.45) is 0 Å². The largest absolute Gasteiger partial charge is 0.493 e. The van der Waals surface area contributed by atoms with Gasteiger partial charge in [0, 0.05) is 38.4 Å². The number of methoxy groups -OCH3 is 2. The van der Waals surface area contributed by atoms with Crippen LogP contribution in [0.15, 0.2) is 48.5 Å². The van der Waals surface area contributed by atoms with E-state index in [-0.39, 0.29) is 25.0 Å². The van der Waals surface area contributed by atoms with Gasteiger partial charge < -0.3 is 28.9 Å². The van der Waals surface area contributed by atoms with E-state index in [0.717, 1.165) is 24.3 Å². The summed E-state index contributed by atoms with van der Waals surface area (Å²) in [6, 6.07) is 15.1. The number of hydrogen-bond donors (Lipinski definition) is 0. The minimum absolute atomic E-state index is 0.0150. The van der Waals surface area contributed by atoms with Crippen LogP contribution in [0.3, 0.4) is 0 Å². The van der Waals surface area contributed by atoms with Crippen molar-refractivity contribution in [1.82, 2.24) is 9.80 Å². The summed E-state index contributed by atoms with van der Waals surface area (Å²) in [5.74, 6) is 0.956. The number of piperazine rings is 1. The highest BCUT2D eigenvalue weighted by molar-refractivity contribution is 5.89. The van der Waals surface area contributed by atoms with Gasteiger partial charge in [-0.05, 0) is 29.8 Å². The average molecular weight is 440 g/mol. The number of rotatable bonds is 6. The molecule has 2 saturated heterocycles. The molecule has 2 aromatic carbocycles. The third kappa shape index (κ3) is 4.65. The van der Waals surface area contributed by atoms with Crippen molar-refractivity contribution in [2.45, 2.75) is 12.6 Å². The summed E-state index contributed by atoms with van der Waals surface area (Å²) in [6.45, 7) is 3.24. The maximum atomic E-state index is 13.4. The van der Waals surface area contributed by atoms with Crippen LogP contribution in [-0.2, 0) is 20.9 Å². The number of morpholine rings is 1. The Kier molecular flexibility index (Phi) is 6.80. The first-order valence-corrected chi connectivity index (χ1v) is 10.8. The predicted molar refractivity (Wildman–Crippen MR) is 120 cm³/mol. The summed E-state index contributed by atoms with van der Waals surface area (Å²) in [4.78, 5) is 31.8. The van der Waals surface area contributed by atoms with Crippen LogP contribution in [0.2, 0.25) is 0 Å². The lowest BCUT2D eigenvalue weighted by atomic mass is 10.1. The minimum atomic E-state index is -0.632. The van der Waals surface area contributed by atoms with Gasteiger partial charge >= 0.3 is 0 Å². The van der Waals surface area contributed by atoms with Crippen LogP contribution < -0.4 is 14.4 Å². The van der Waals surface area contributed by atoms with Crippen LogP contribution in [-0.4, -0.2) is 81.3 Å². The first-order valence-electron chi connectivity index (χ1n) is 10.8. The van der Waals surface area contributed by atoms with Crippen molar-refractivity contribution in [1.29, 1.82) is 0 Å². The molecule has 2 aliphatic heterocycles. The van der Waals surface area contributed by atoms with E-state index in [0.29, 0.717) is 31.1 Å². The molecule has 2 aromatic rings. The van der Waals surface area contributed by atoms with Gasteiger partial charge in [-0.2, -0.15) is 0 Å². The Morgan fingerprint density at radius 3 is 2.41 bits per heavy atom. The van der Waals surface area contributed by atoms with E-state index in [1.54, 1.807) is 25.2 Å². The fourth-order valence-electron chi connectivity index (χ4n) is 4.22. The predicted octanol–water partition coefficient (Wildman–Crippen LogP) is 1.78. The highest BCUT2D eigenvalue weighted by Gasteiger charge is 2.37. The van der Waals surface area contributed by atoms with Crippen LogP contribution in [0.1, 0.15) is 5.56 Å². The molecule has 4 rings (SSSR count). The number of benzene rings is 2. The third-order valence-electron chi connectivity index (χ3n) is 6.00. The highest BCUT2D eigenvalue weighted by atomic mass is 16.5. The molecule has 0 spiro atoms. The Bertz CT molecular complexity index is 944.